The number of nitrogens with two attached hydrogens (primary N) is 1. The number of anilines is 1. The lowest BCUT2D eigenvalue weighted by molar-refractivity contribution is -0.133. The SMILES string of the molecule is CC(=O)N1CCC(CN2C(=N)NC(C)(c3cccc(-c4cccc(N)c4)c3)C2=O)CC1. The Morgan fingerprint density at radius 3 is 2.45 bits per heavy atom. The molecule has 7 nitrogen and oxygen atoms in total. The Morgan fingerprint density at radius 2 is 1.81 bits per heavy atom. The second kappa shape index (κ2) is 8.06. The van der Waals surface area contributed by atoms with Crippen LogP contribution in [-0.2, 0) is 15.1 Å². The molecule has 1 atom stereocenters. The molecular formula is C24H29N5O2. The van der Waals surface area contributed by atoms with Gasteiger partial charge in [-0.25, -0.2) is 0 Å². The molecule has 2 heterocycles. The van der Waals surface area contributed by atoms with E-state index in [1.807, 2.05) is 60.4 Å². The molecule has 2 amide bonds. The molecule has 2 fully saturated rings. The molecule has 2 aromatic rings. The Balaban J connectivity index is 1.52. The summed E-state index contributed by atoms with van der Waals surface area (Å²) in [4.78, 5) is 28.4. The van der Waals surface area contributed by atoms with Crippen molar-refractivity contribution < 1.29 is 9.59 Å². The van der Waals surface area contributed by atoms with Crippen molar-refractivity contribution in [1.29, 1.82) is 5.41 Å². The van der Waals surface area contributed by atoms with Crippen molar-refractivity contribution in [2.45, 2.75) is 32.2 Å². The van der Waals surface area contributed by atoms with Crippen molar-refractivity contribution in [2.24, 2.45) is 5.92 Å². The van der Waals surface area contributed by atoms with Gasteiger partial charge in [-0.1, -0.05) is 30.3 Å². The Hall–Kier alpha value is -3.35. The van der Waals surface area contributed by atoms with Crippen molar-refractivity contribution in [3.05, 3.63) is 54.1 Å². The van der Waals surface area contributed by atoms with Crippen LogP contribution in [0.4, 0.5) is 5.69 Å². The maximum absolute atomic E-state index is 13.4. The van der Waals surface area contributed by atoms with Crippen LogP contribution >= 0.6 is 0 Å². The topological polar surface area (TPSA) is 103 Å². The molecule has 4 rings (SSSR count). The van der Waals surface area contributed by atoms with E-state index < -0.39 is 5.54 Å². The van der Waals surface area contributed by atoms with E-state index in [9.17, 15) is 9.59 Å². The van der Waals surface area contributed by atoms with Crippen LogP contribution in [0.25, 0.3) is 11.1 Å². The van der Waals surface area contributed by atoms with Crippen LogP contribution in [-0.4, -0.2) is 47.2 Å². The number of piperidine rings is 1. The summed E-state index contributed by atoms with van der Waals surface area (Å²) in [7, 11) is 0. The third-order valence-electron chi connectivity index (χ3n) is 6.47. The van der Waals surface area contributed by atoms with Gasteiger partial charge in [0.05, 0.1) is 0 Å². The predicted octanol–water partition coefficient (Wildman–Crippen LogP) is 2.78. The van der Waals surface area contributed by atoms with Crippen molar-refractivity contribution in [2.75, 3.05) is 25.4 Å². The Labute approximate surface area is 182 Å². The summed E-state index contributed by atoms with van der Waals surface area (Å²) in [5.41, 5.74) is 8.40. The second-order valence-electron chi connectivity index (χ2n) is 8.67. The fourth-order valence-electron chi connectivity index (χ4n) is 4.52. The number of rotatable bonds is 4. The summed E-state index contributed by atoms with van der Waals surface area (Å²) in [6, 6.07) is 15.5. The number of nitrogens with zero attached hydrogens (tertiary/aromatic N) is 2. The number of guanidine groups is 1. The maximum Gasteiger partial charge on any atom is 0.259 e. The van der Waals surface area contributed by atoms with Gasteiger partial charge < -0.3 is 16.0 Å². The molecular weight excluding hydrogens is 390 g/mol. The van der Waals surface area contributed by atoms with Crippen molar-refractivity contribution in [3.63, 3.8) is 0 Å². The first-order valence-electron chi connectivity index (χ1n) is 10.7. The maximum atomic E-state index is 13.4. The lowest BCUT2D eigenvalue weighted by Gasteiger charge is -2.33. The minimum atomic E-state index is -0.993. The van der Waals surface area contributed by atoms with Crippen LogP contribution in [0.3, 0.4) is 0 Å². The second-order valence-corrected chi connectivity index (χ2v) is 8.67. The highest BCUT2D eigenvalue weighted by molar-refractivity contribution is 6.08. The molecule has 4 N–H and O–H groups in total. The van der Waals surface area contributed by atoms with E-state index in [0.717, 1.165) is 29.5 Å². The molecule has 0 aliphatic carbocycles. The third-order valence-corrected chi connectivity index (χ3v) is 6.47. The highest BCUT2D eigenvalue weighted by Gasteiger charge is 2.47. The van der Waals surface area contributed by atoms with Crippen molar-refractivity contribution in [1.82, 2.24) is 15.1 Å². The summed E-state index contributed by atoms with van der Waals surface area (Å²) < 4.78 is 0. The first-order valence-corrected chi connectivity index (χ1v) is 10.7. The van der Waals surface area contributed by atoms with E-state index in [1.54, 1.807) is 11.8 Å². The first-order chi connectivity index (χ1) is 14.8. The quantitative estimate of drug-likeness (QED) is 0.663. The predicted molar refractivity (Wildman–Crippen MR) is 121 cm³/mol. The number of amides is 2. The number of nitrogen functional groups attached to an aromatic ring is 1. The normalized spacial score (nSPS) is 22.0. The van der Waals surface area contributed by atoms with E-state index in [4.69, 9.17) is 11.1 Å². The van der Waals surface area contributed by atoms with Crippen LogP contribution < -0.4 is 11.1 Å². The van der Waals surface area contributed by atoms with Gasteiger partial charge >= 0.3 is 0 Å². The smallest absolute Gasteiger partial charge is 0.259 e. The standard InChI is InChI=1S/C24H29N5O2/c1-16(30)28-11-9-17(10-12-28)15-29-22(31)24(2,27-23(29)26)20-7-3-5-18(13-20)19-6-4-8-21(25)14-19/h3-8,13-14,17H,9-12,15,25H2,1-2H3,(H2,26,27). The van der Waals surface area contributed by atoms with E-state index in [0.29, 0.717) is 25.3 Å². The Bertz CT molecular complexity index is 1030. The zero-order valence-electron chi connectivity index (χ0n) is 18.0. The summed E-state index contributed by atoms with van der Waals surface area (Å²) in [5, 5.41) is 11.6. The Morgan fingerprint density at radius 1 is 1.16 bits per heavy atom. The van der Waals surface area contributed by atoms with Gasteiger partial charge in [0, 0.05) is 32.2 Å². The van der Waals surface area contributed by atoms with E-state index >= 15 is 0 Å². The average Bonchev–Trinajstić information content (AvgIpc) is 2.98. The molecule has 2 aliphatic heterocycles. The summed E-state index contributed by atoms with van der Waals surface area (Å²) in [5.74, 6) is 0.396. The minimum Gasteiger partial charge on any atom is -0.399 e. The molecule has 0 spiro atoms. The van der Waals surface area contributed by atoms with Gasteiger partial charge in [-0.3, -0.25) is 19.9 Å². The number of hydrogen-bond donors (Lipinski definition) is 3. The number of carbonyl (C=O) groups is 2. The van der Waals surface area contributed by atoms with Crippen molar-refractivity contribution in [3.8, 4) is 11.1 Å². The van der Waals surface area contributed by atoms with Crippen LogP contribution in [0.2, 0.25) is 0 Å². The lowest BCUT2D eigenvalue weighted by atomic mass is 9.89. The van der Waals surface area contributed by atoms with Gasteiger partial charge in [0.15, 0.2) is 5.96 Å². The molecule has 0 bridgehead atoms. The molecule has 0 aromatic heterocycles. The zero-order valence-corrected chi connectivity index (χ0v) is 18.0. The number of likely N-dealkylation sites (tertiary alicyclic amines) is 1. The number of hydrogen-bond acceptors (Lipinski definition) is 4. The summed E-state index contributed by atoms with van der Waals surface area (Å²) in [6.07, 6.45) is 1.69. The van der Waals surface area contributed by atoms with Gasteiger partial charge in [0.2, 0.25) is 5.91 Å². The summed E-state index contributed by atoms with van der Waals surface area (Å²) >= 11 is 0. The molecule has 31 heavy (non-hydrogen) atoms. The average molecular weight is 420 g/mol. The van der Waals surface area contributed by atoms with E-state index in [-0.39, 0.29) is 23.7 Å². The number of nitrogens with one attached hydrogen (secondary N) is 2. The minimum absolute atomic E-state index is 0.0951. The Kier molecular flexibility index (Phi) is 5.43. The van der Waals surface area contributed by atoms with E-state index in [1.165, 1.54) is 0 Å². The van der Waals surface area contributed by atoms with Gasteiger partial charge in [-0.15, -0.1) is 0 Å². The molecule has 7 heteroatoms. The molecule has 2 aliphatic rings. The highest BCUT2D eigenvalue weighted by atomic mass is 16.2. The molecule has 2 aromatic carbocycles. The molecule has 1 unspecified atom stereocenters. The largest absolute Gasteiger partial charge is 0.399 e. The number of benzene rings is 2. The lowest BCUT2D eigenvalue weighted by Crippen LogP contribution is -2.43. The van der Waals surface area contributed by atoms with E-state index in [2.05, 4.69) is 5.32 Å². The van der Waals surface area contributed by atoms with Crippen LogP contribution in [0.1, 0.15) is 32.3 Å². The van der Waals surface area contributed by atoms with Crippen LogP contribution in [0, 0.1) is 11.3 Å². The number of carbonyl (C=O) groups excluding carboxylic acids is 2. The van der Waals surface area contributed by atoms with Gasteiger partial charge in [-0.2, -0.15) is 0 Å². The van der Waals surface area contributed by atoms with Crippen LogP contribution in [0.15, 0.2) is 48.5 Å². The van der Waals surface area contributed by atoms with Crippen LogP contribution in [0.5, 0.6) is 0 Å². The zero-order chi connectivity index (χ0) is 22.2. The summed E-state index contributed by atoms with van der Waals surface area (Å²) in [6.45, 7) is 5.35. The molecule has 2 saturated heterocycles. The van der Waals surface area contributed by atoms with Crippen molar-refractivity contribution >= 4 is 23.5 Å². The van der Waals surface area contributed by atoms with Gasteiger partial charge in [0.25, 0.3) is 5.91 Å². The molecule has 0 radical (unpaired) electrons. The fourth-order valence-corrected chi connectivity index (χ4v) is 4.52. The molecule has 0 saturated carbocycles. The first kappa shape index (κ1) is 20.9. The monoisotopic (exact) mass is 419 g/mol. The molecule has 162 valence electrons. The van der Waals surface area contributed by atoms with Gasteiger partial charge in [-0.05, 0) is 60.6 Å². The fraction of sp³-hybridized carbons (Fsp3) is 0.375. The van der Waals surface area contributed by atoms with Gasteiger partial charge in [0.1, 0.15) is 5.54 Å². The third kappa shape index (κ3) is 4.00. The highest BCUT2D eigenvalue weighted by Crippen LogP contribution is 2.33.